The van der Waals surface area contributed by atoms with Crippen LogP contribution in [-0.2, 0) is 13.1 Å². The summed E-state index contributed by atoms with van der Waals surface area (Å²) in [6.07, 6.45) is 16.4. The zero-order chi connectivity index (χ0) is 40.3. The van der Waals surface area contributed by atoms with Crippen molar-refractivity contribution in [1.82, 2.24) is 27.8 Å². The number of nitrogens with zero attached hydrogens (tertiary/aromatic N) is 10. The van der Waals surface area contributed by atoms with Crippen LogP contribution in [0, 0.1) is 57.2 Å². The molecule has 2 unspecified atom stereocenters. The highest BCUT2D eigenvalue weighted by atomic mass is 32.1. The predicted octanol–water partition coefficient (Wildman–Crippen LogP) is 11.8. The third-order valence-corrected chi connectivity index (χ3v) is 13.1. The number of fused-ring (bicyclic) bond motifs is 1. The minimum absolute atomic E-state index is 0.163. The highest BCUT2D eigenvalue weighted by Crippen LogP contribution is 2.40. The number of thiophene rings is 2. The molecule has 10 nitrogen and oxygen atoms in total. The van der Waals surface area contributed by atoms with Gasteiger partial charge in [0.25, 0.3) is 0 Å². The normalized spacial score (nSPS) is 12.6. The van der Waals surface area contributed by atoms with Gasteiger partial charge in [0, 0.05) is 43.7 Å². The van der Waals surface area contributed by atoms with Crippen molar-refractivity contribution in [2.75, 3.05) is 0 Å². The molecule has 2 atom stereocenters. The minimum Gasteiger partial charge on any atom is -0.315 e. The Morgan fingerprint density at radius 1 is 0.596 bits per heavy atom. The SMILES string of the molecule is CCCCC(CC)Cn1c(/C=C/c2ccc(-c3ccc(-c4ccc(/C=C/c5nc(C#N)c(C#N)n5CC(CC)CCCC)s4)c4nsnc34)s2)nc(C#N)c1C#N. The Labute approximate surface area is 346 Å². The lowest BCUT2D eigenvalue weighted by atomic mass is 9.99. The van der Waals surface area contributed by atoms with Crippen molar-refractivity contribution in [2.45, 2.75) is 92.2 Å². The number of unbranched alkanes of at least 4 members (excludes halogenated alkanes) is 2. The fraction of sp³-hybridized carbons (Fsp3) is 0.364. The maximum Gasteiger partial charge on any atom is 0.177 e. The van der Waals surface area contributed by atoms with E-state index in [4.69, 9.17) is 8.75 Å². The monoisotopic (exact) mass is 808 g/mol. The number of nitriles is 4. The van der Waals surface area contributed by atoms with Crippen LogP contribution in [0.3, 0.4) is 0 Å². The van der Waals surface area contributed by atoms with Crippen LogP contribution >= 0.6 is 34.4 Å². The number of benzene rings is 1. The molecule has 0 aliphatic rings. The second-order valence-electron chi connectivity index (χ2n) is 14.0. The van der Waals surface area contributed by atoms with E-state index in [1.165, 1.54) is 11.7 Å². The Morgan fingerprint density at radius 2 is 1.04 bits per heavy atom. The van der Waals surface area contributed by atoms with Crippen LogP contribution in [0.4, 0.5) is 0 Å². The maximum atomic E-state index is 9.92. The van der Waals surface area contributed by atoms with E-state index >= 15 is 0 Å². The molecule has 0 aliphatic heterocycles. The molecule has 0 fully saturated rings. The Hall–Kier alpha value is -5.70. The molecule has 13 heteroatoms. The summed E-state index contributed by atoms with van der Waals surface area (Å²) >= 11 is 4.47. The van der Waals surface area contributed by atoms with Gasteiger partial charge in [0.1, 0.15) is 47.0 Å². The van der Waals surface area contributed by atoms with Gasteiger partial charge in [-0.1, -0.05) is 78.4 Å². The quantitative estimate of drug-likeness (QED) is 0.0830. The van der Waals surface area contributed by atoms with Gasteiger partial charge in [-0.05, 0) is 73.2 Å². The molecule has 288 valence electrons. The summed E-state index contributed by atoms with van der Waals surface area (Å²) in [7, 11) is 0. The molecule has 0 saturated carbocycles. The first kappa shape index (κ1) is 40.9. The zero-order valence-corrected chi connectivity index (χ0v) is 35.1. The molecule has 6 aromatic rings. The van der Waals surface area contributed by atoms with Crippen LogP contribution in [0.15, 0.2) is 36.4 Å². The fourth-order valence-corrected chi connectivity index (χ4v) is 9.50. The molecule has 57 heavy (non-hydrogen) atoms. The number of hydrogen-bond acceptors (Lipinski definition) is 11. The van der Waals surface area contributed by atoms with Crippen molar-refractivity contribution >= 4 is 69.7 Å². The molecule has 6 rings (SSSR count). The van der Waals surface area contributed by atoms with Gasteiger partial charge in [0.2, 0.25) is 0 Å². The van der Waals surface area contributed by atoms with E-state index in [0.29, 0.717) is 48.0 Å². The molecular formula is C44H44N10S3. The third-order valence-electron chi connectivity index (χ3n) is 10.4. The van der Waals surface area contributed by atoms with Gasteiger partial charge < -0.3 is 9.13 Å². The van der Waals surface area contributed by atoms with Crippen molar-refractivity contribution in [1.29, 1.82) is 21.0 Å². The van der Waals surface area contributed by atoms with E-state index in [9.17, 15) is 21.0 Å². The smallest absolute Gasteiger partial charge is 0.177 e. The van der Waals surface area contributed by atoms with Gasteiger partial charge in [-0.25, -0.2) is 9.97 Å². The number of rotatable bonds is 18. The summed E-state index contributed by atoms with van der Waals surface area (Å²) in [6, 6.07) is 21.2. The molecule has 5 aromatic heterocycles. The lowest BCUT2D eigenvalue weighted by molar-refractivity contribution is 0.388. The van der Waals surface area contributed by atoms with Crippen molar-refractivity contribution in [3.05, 3.63) is 80.6 Å². The Bertz CT molecular complexity index is 2390. The highest BCUT2D eigenvalue weighted by molar-refractivity contribution is 7.17. The summed E-state index contributed by atoms with van der Waals surface area (Å²) in [6.45, 7) is 10.0. The molecule has 0 N–H and O–H groups in total. The lowest BCUT2D eigenvalue weighted by Gasteiger charge is -2.16. The van der Waals surface area contributed by atoms with E-state index in [0.717, 1.165) is 93.0 Å². The van der Waals surface area contributed by atoms with Gasteiger partial charge in [-0.15, -0.1) is 22.7 Å². The van der Waals surface area contributed by atoms with Crippen LogP contribution < -0.4 is 0 Å². The van der Waals surface area contributed by atoms with Crippen LogP contribution in [0.1, 0.15) is 123 Å². The average Bonchev–Trinajstić information content (AvgIpc) is 4.09. The van der Waals surface area contributed by atoms with Gasteiger partial charge >= 0.3 is 0 Å². The van der Waals surface area contributed by atoms with Crippen molar-refractivity contribution in [3.8, 4) is 45.2 Å². The zero-order valence-electron chi connectivity index (χ0n) is 32.7. The summed E-state index contributed by atoms with van der Waals surface area (Å²) in [5, 5.41) is 39.3. The van der Waals surface area contributed by atoms with E-state index in [1.807, 2.05) is 33.4 Å². The average molecular weight is 809 g/mol. The lowest BCUT2D eigenvalue weighted by Crippen LogP contribution is -2.13. The molecule has 0 amide bonds. The predicted molar refractivity (Wildman–Crippen MR) is 232 cm³/mol. The third kappa shape index (κ3) is 9.14. The maximum absolute atomic E-state index is 9.92. The van der Waals surface area contributed by atoms with Gasteiger partial charge in [0.15, 0.2) is 22.8 Å². The van der Waals surface area contributed by atoms with Gasteiger partial charge in [-0.2, -0.15) is 29.8 Å². The summed E-state index contributed by atoms with van der Waals surface area (Å²) in [5.41, 5.74) is 4.65. The molecular weight excluding hydrogens is 765 g/mol. The number of imidazole rings is 2. The van der Waals surface area contributed by atoms with Gasteiger partial charge in [-0.3, -0.25) is 0 Å². The van der Waals surface area contributed by atoms with Crippen molar-refractivity contribution in [3.63, 3.8) is 0 Å². The van der Waals surface area contributed by atoms with Gasteiger partial charge in [0.05, 0.1) is 11.7 Å². The Morgan fingerprint density at radius 3 is 1.40 bits per heavy atom. The molecule has 0 aliphatic carbocycles. The minimum atomic E-state index is 0.163. The summed E-state index contributed by atoms with van der Waals surface area (Å²) < 4.78 is 13.3. The topological polar surface area (TPSA) is 157 Å². The first-order valence-corrected chi connectivity index (χ1v) is 21.9. The van der Waals surface area contributed by atoms with Crippen molar-refractivity contribution in [2.24, 2.45) is 11.8 Å². The van der Waals surface area contributed by atoms with Crippen LogP contribution in [0.5, 0.6) is 0 Å². The molecule has 0 spiro atoms. The molecule has 0 radical (unpaired) electrons. The highest BCUT2D eigenvalue weighted by Gasteiger charge is 2.21. The fourth-order valence-electron chi connectivity index (χ4n) is 7.05. The molecule has 5 heterocycles. The van der Waals surface area contributed by atoms with Crippen molar-refractivity contribution < 1.29 is 0 Å². The van der Waals surface area contributed by atoms with E-state index < -0.39 is 0 Å². The van der Waals surface area contributed by atoms with Crippen LogP contribution in [-0.4, -0.2) is 27.8 Å². The Balaban J connectivity index is 1.23. The first-order valence-electron chi connectivity index (χ1n) is 19.5. The summed E-state index contributed by atoms with van der Waals surface area (Å²) in [5.74, 6) is 2.04. The second-order valence-corrected chi connectivity index (χ2v) is 16.8. The second kappa shape index (κ2) is 19.4. The van der Waals surface area contributed by atoms with E-state index in [2.05, 4.69) is 98.3 Å². The summed E-state index contributed by atoms with van der Waals surface area (Å²) in [4.78, 5) is 13.2. The molecule has 0 saturated heterocycles. The van der Waals surface area contributed by atoms with Crippen LogP contribution in [0.25, 0.3) is 56.2 Å². The van der Waals surface area contributed by atoms with E-state index in [1.54, 1.807) is 22.7 Å². The molecule has 0 bridgehead atoms. The number of hydrogen-bond donors (Lipinski definition) is 0. The molecule has 1 aromatic carbocycles. The van der Waals surface area contributed by atoms with E-state index in [-0.39, 0.29) is 11.4 Å². The first-order chi connectivity index (χ1) is 27.9. The van der Waals surface area contributed by atoms with Crippen LogP contribution in [0.2, 0.25) is 0 Å². The number of aromatic nitrogens is 6. The largest absolute Gasteiger partial charge is 0.315 e. The standard InChI is InChI=1S/C44H44N10S3/c1-5-9-11-29(7-3)27-53-37(25-47)35(23-45)49-41(53)21-15-31-13-19-39(55-31)33-17-18-34(44-43(33)51-57-52-44)40-20-14-32(56-40)16-22-42-50-36(24-46)38(26-48)54(42)28-30(8-4)12-10-6-2/h13-22,29-30H,5-12,27-28H2,1-4H3/b21-15+,22-16+. The Kier molecular flexibility index (Phi) is 14.0.